The Bertz CT molecular complexity index is 653. The first-order chi connectivity index (χ1) is 9.12. The Hall–Kier alpha value is -2.16. The summed E-state index contributed by atoms with van der Waals surface area (Å²) in [6.07, 6.45) is -0.514. The van der Waals surface area contributed by atoms with E-state index in [2.05, 4.69) is 4.72 Å². The van der Waals surface area contributed by atoms with Crippen LogP contribution in [0.4, 0.5) is 11.4 Å². The number of rotatable bonds is 6. The number of anilines is 1. The molecule has 9 heteroatoms. The first-order valence-electron chi connectivity index (χ1n) is 5.60. The predicted octanol–water partition coefficient (Wildman–Crippen LogP) is 1.43. The average molecular weight is 302 g/mol. The fourth-order valence-electron chi connectivity index (χ4n) is 1.55. The Labute approximate surface area is 115 Å². The third kappa shape index (κ3) is 4.19. The topological polar surface area (TPSA) is 127 Å². The van der Waals surface area contributed by atoms with Gasteiger partial charge in [-0.2, -0.15) is 0 Å². The molecule has 0 aliphatic heterocycles. The molecule has 8 nitrogen and oxygen atoms in total. The van der Waals surface area contributed by atoms with Crippen molar-refractivity contribution in [2.45, 2.75) is 20.3 Å². The van der Waals surface area contributed by atoms with Crippen molar-refractivity contribution in [3.05, 3.63) is 33.4 Å². The van der Waals surface area contributed by atoms with Gasteiger partial charge in [0.1, 0.15) is 0 Å². The zero-order chi connectivity index (χ0) is 15.5. The van der Waals surface area contributed by atoms with Crippen molar-refractivity contribution >= 4 is 27.4 Å². The number of carbonyl (C=O) groups is 1. The highest BCUT2D eigenvalue weighted by Gasteiger charge is 2.18. The lowest BCUT2D eigenvalue weighted by molar-refractivity contribution is -0.385. The fraction of sp³-hybridized carbons (Fsp3) is 0.364. The van der Waals surface area contributed by atoms with Gasteiger partial charge in [-0.15, -0.1) is 0 Å². The van der Waals surface area contributed by atoms with Crippen LogP contribution in [0.2, 0.25) is 0 Å². The van der Waals surface area contributed by atoms with Gasteiger partial charge in [0.15, 0.2) is 0 Å². The largest absolute Gasteiger partial charge is 0.481 e. The molecule has 1 aromatic rings. The SMILES string of the molecule is Cc1cc([N+](=O)[O-])c(C)cc1NS(=O)(=O)CCC(=O)O. The van der Waals surface area contributed by atoms with Gasteiger partial charge in [-0.25, -0.2) is 8.42 Å². The average Bonchev–Trinajstić information content (AvgIpc) is 2.30. The molecule has 0 atom stereocenters. The number of benzene rings is 1. The number of nitrogens with zero attached hydrogens (tertiary/aromatic N) is 1. The second-order valence-corrected chi connectivity index (χ2v) is 6.12. The molecule has 0 unspecified atom stereocenters. The molecule has 0 radical (unpaired) electrons. The van der Waals surface area contributed by atoms with Gasteiger partial charge in [0.2, 0.25) is 10.0 Å². The van der Waals surface area contributed by atoms with E-state index in [1.54, 1.807) is 0 Å². The van der Waals surface area contributed by atoms with E-state index in [9.17, 15) is 23.3 Å². The quantitative estimate of drug-likeness (QED) is 0.604. The molecule has 110 valence electrons. The van der Waals surface area contributed by atoms with Crippen LogP contribution in [0, 0.1) is 24.0 Å². The van der Waals surface area contributed by atoms with Crippen LogP contribution in [0.5, 0.6) is 0 Å². The van der Waals surface area contributed by atoms with E-state index >= 15 is 0 Å². The molecule has 0 aromatic heterocycles. The maximum atomic E-state index is 11.7. The number of aliphatic carboxylic acids is 1. The first-order valence-corrected chi connectivity index (χ1v) is 7.25. The van der Waals surface area contributed by atoms with Gasteiger partial charge >= 0.3 is 5.97 Å². The standard InChI is InChI=1S/C11H14N2O6S/c1-7-6-10(13(16)17)8(2)5-9(7)12-20(18,19)4-3-11(14)15/h5-6,12H,3-4H2,1-2H3,(H,14,15). The summed E-state index contributed by atoms with van der Waals surface area (Å²) in [5.41, 5.74) is 0.812. The second-order valence-electron chi connectivity index (χ2n) is 4.28. The van der Waals surface area contributed by atoms with Gasteiger partial charge in [0.05, 0.1) is 22.8 Å². The summed E-state index contributed by atoms with van der Waals surface area (Å²) in [4.78, 5) is 20.6. The highest BCUT2D eigenvalue weighted by Crippen LogP contribution is 2.26. The number of carboxylic acids is 1. The maximum absolute atomic E-state index is 11.7. The molecule has 0 saturated heterocycles. The fourth-order valence-corrected chi connectivity index (χ4v) is 2.65. The lowest BCUT2D eigenvalue weighted by Crippen LogP contribution is -2.19. The van der Waals surface area contributed by atoms with Crippen LogP contribution in [0.1, 0.15) is 17.5 Å². The molecule has 0 aliphatic rings. The van der Waals surface area contributed by atoms with Crippen LogP contribution in [0.25, 0.3) is 0 Å². The normalized spacial score (nSPS) is 11.1. The Morgan fingerprint density at radius 1 is 1.35 bits per heavy atom. The lowest BCUT2D eigenvalue weighted by atomic mass is 10.1. The number of aryl methyl sites for hydroxylation is 2. The summed E-state index contributed by atoms with van der Waals surface area (Å²) in [6.45, 7) is 3.02. The molecule has 1 rings (SSSR count). The van der Waals surface area contributed by atoms with E-state index in [-0.39, 0.29) is 11.4 Å². The molecule has 0 fully saturated rings. The summed E-state index contributed by atoms with van der Waals surface area (Å²) in [7, 11) is -3.80. The van der Waals surface area contributed by atoms with Gasteiger partial charge < -0.3 is 5.11 Å². The molecule has 0 heterocycles. The molecule has 2 N–H and O–H groups in total. The van der Waals surface area contributed by atoms with Crippen LogP contribution >= 0.6 is 0 Å². The van der Waals surface area contributed by atoms with Gasteiger partial charge in [-0.3, -0.25) is 19.6 Å². The molecule has 0 spiro atoms. The molecule has 1 aromatic carbocycles. The molecule has 20 heavy (non-hydrogen) atoms. The summed E-state index contributed by atoms with van der Waals surface area (Å²) in [5, 5.41) is 19.2. The molecular weight excluding hydrogens is 288 g/mol. The smallest absolute Gasteiger partial charge is 0.304 e. The highest BCUT2D eigenvalue weighted by atomic mass is 32.2. The van der Waals surface area contributed by atoms with Crippen molar-refractivity contribution in [1.29, 1.82) is 0 Å². The van der Waals surface area contributed by atoms with Crippen LogP contribution in [-0.2, 0) is 14.8 Å². The molecular formula is C11H14N2O6S. The van der Waals surface area contributed by atoms with E-state index < -0.39 is 33.1 Å². The second kappa shape index (κ2) is 5.87. The van der Waals surface area contributed by atoms with Crippen LogP contribution in [0.3, 0.4) is 0 Å². The zero-order valence-corrected chi connectivity index (χ0v) is 11.7. The third-order valence-corrected chi connectivity index (χ3v) is 3.86. The highest BCUT2D eigenvalue weighted by molar-refractivity contribution is 7.92. The van der Waals surface area contributed by atoms with Crippen LogP contribution in [-0.4, -0.2) is 30.2 Å². The maximum Gasteiger partial charge on any atom is 0.304 e. The number of nitro groups is 1. The van der Waals surface area contributed by atoms with Crippen molar-refractivity contribution in [2.24, 2.45) is 0 Å². The molecule has 0 amide bonds. The summed E-state index contributed by atoms with van der Waals surface area (Å²) >= 11 is 0. The number of nitrogens with one attached hydrogen (secondary N) is 1. The van der Waals surface area contributed by atoms with Gasteiger partial charge in [0.25, 0.3) is 5.69 Å². The predicted molar refractivity (Wildman–Crippen MR) is 72.2 cm³/mol. The molecule has 0 bridgehead atoms. The van der Waals surface area contributed by atoms with E-state index in [0.717, 1.165) is 0 Å². The number of hydrogen-bond donors (Lipinski definition) is 2. The third-order valence-electron chi connectivity index (χ3n) is 2.59. The number of sulfonamides is 1. The Morgan fingerprint density at radius 3 is 2.45 bits per heavy atom. The summed E-state index contributed by atoms with van der Waals surface area (Å²) in [6, 6.07) is 2.62. The van der Waals surface area contributed by atoms with Gasteiger partial charge in [0, 0.05) is 11.6 Å². The Kier molecular flexibility index (Phi) is 4.66. The number of hydrogen-bond acceptors (Lipinski definition) is 5. The summed E-state index contributed by atoms with van der Waals surface area (Å²) in [5.74, 6) is -1.77. The van der Waals surface area contributed by atoms with Crippen molar-refractivity contribution in [1.82, 2.24) is 0 Å². The molecule has 0 aliphatic carbocycles. The first kappa shape index (κ1) is 15.9. The van der Waals surface area contributed by atoms with Crippen LogP contribution in [0.15, 0.2) is 12.1 Å². The van der Waals surface area contributed by atoms with E-state index in [4.69, 9.17) is 5.11 Å². The minimum absolute atomic E-state index is 0.101. The van der Waals surface area contributed by atoms with Crippen molar-refractivity contribution in [3.63, 3.8) is 0 Å². The van der Waals surface area contributed by atoms with Crippen molar-refractivity contribution < 1.29 is 23.2 Å². The van der Waals surface area contributed by atoms with E-state index in [0.29, 0.717) is 11.1 Å². The van der Waals surface area contributed by atoms with Gasteiger partial charge in [-0.05, 0) is 25.5 Å². The Morgan fingerprint density at radius 2 is 1.95 bits per heavy atom. The van der Waals surface area contributed by atoms with Crippen molar-refractivity contribution in [2.75, 3.05) is 10.5 Å². The summed E-state index contributed by atoms with van der Waals surface area (Å²) < 4.78 is 25.6. The lowest BCUT2D eigenvalue weighted by Gasteiger charge is -2.11. The number of nitro benzene ring substituents is 1. The van der Waals surface area contributed by atoms with E-state index in [1.165, 1.54) is 26.0 Å². The van der Waals surface area contributed by atoms with Crippen molar-refractivity contribution in [3.8, 4) is 0 Å². The van der Waals surface area contributed by atoms with E-state index in [1.807, 2.05) is 0 Å². The van der Waals surface area contributed by atoms with Crippen LogP contribution < -0.4 is 4.72 Å². The zero-order valence-electron chi connectivity index (χ0n) is 10.9. The Balaban J connectivity index is 3.02. The minimum atomic E-state index is -3.80. The van der Waals surface area contributed by atoms with Gasteiger partial charge in [-0.1, -0.05) is 0 Å². The number of carboxylic acid groups (broad SMARTS) is 1. The molecule has 0 saturated carbocycles. The minimum Gasteiger partial charge on any atom is -0.481 e. The monoisotopic (exact) mass is 302 g/mol.